The van der Waals surface area contributed by atoms with Gasteiger partial charge in [-0.2, -0.15) is 0 Å². The molecule has 0 aliphatic heterocycles. The van der Waals surface area contributed by atoms with Crippen LogP contribution in [0.5, 0.6) is 5.75 Å². The average molecular weight is 253 g/mol. The first-order valence-corrected chi connectivity index (χ1v) is 4.42. The molecular weight excluding hydrogens is 246 g/mol. The Morgan fingerprint density at radius 3 is 2.65 bits per heavy atom. The molecule has 0 spiro atoms. The first-order chi connectivity index (χ1) is 7.85. The normalized spacial score (nSPS) is 11.1. The number of alkyl halides is 3. The third-order valence-corrected chi connectivity index (χ3v) is 1.55. The Hall–Kier alpha value is -1.86. The molecule has 94 valence electrons. The van der Waals surface area contributed by atoms with Crippen LogP contribution in [0.2, 0.25) is 0 Å². The fourth-order valence-corrected chi connectivity index (χ4v) is 0.971. The van der Waals surface area contributed by atoms with Crippen molar-refractivity contribution in [1.82, 2.24) is 4.98 Å². The van der Waals surface area contributed by atoms with Crippen LogP contribution < -0.4 is 4.74 Å². The zero-order chi connectivity index (χ0) is 13.1. The quantitative estimate of drug-likeness (QED) is 0.612. The summed E-state index contributed by atoms with van der Waals surface area (Å²) in [5.41, 5.74) is -0.853. The number of ether oxygens (including phenoxy) is 2. The highest BCUT2D eigenvalue weighted by Gasteiger charge is 2.33. The zero-order valence-corrected chi connectivity index (χ0v) is 8.55. The molecule has 0 unspecified atom stereocenters. The highest BCUT2D eigenvalue weighted by atomic mass is 19.4. The highest BCUT2D eigenvalue weighted by molar-refractivity contribution is 5.87. The van der Waals surface area contributed by atoms with E-state index >= 15 is 0 Å². The molecule has 0 amide bonds. The maximum Gasteiger partial charge on any atom is 0.573 e. The summed E-state index contributed by atoms with van der Waals surface area (Å²) in [6, 6.07) is 0.658. The number of hydrogen-bond acceptors (Lipinski definition) is 4. The monoisotopic (exact) mass is 253 g/mol. The summed E-state index contributed by atoms with van der Waals surface area (Å²) in [6.07, 6.45) is -4.23. The fraction of sp³-hybridized carbons (Fsp3) is 0.333. The largest absolute Gasteiger partial charge is 0.573 e. The van der Waals surface area contributed by atoms with Crippen LogP contribution in [-0.2, 0) is 4.74 Å². The lowest BCUT2D eigenvalue weighted by molar-refractivity contribution is -0.275. The molecule has 0 aromatic carbocycles. The second-order valence-corrected chi connectivity index (χ2v) is 2.74. The summed E-state index contributed by atoms with van der Waals surface area (Å²) in [6.45, 7) is 1.41. The molecule has 1 rings (SSSR count). The molecule has 0 N–H and O–H groups in total. The van der Waals surface area contributed by atoms with Crippen molar-refractivity contribution in [3.63, 3.8) is 0 Å². The fourth-order valence-electron chi connectivity index (χ4n) is 0.971. The van der Waals surface area contributed by atoms with Crippen molar-refractivity contribution in [2.45, 2.75) is 13.3 Å². The van der Waals surface area contributed by atoms with E-state index in [2.05, 4.69) is 14.5 Å². The topological polar surface area (TPSA) is 48.4 Å². The molecule has 0 aliphatic carbocycles. The minimum Gasteiger partial charge on any atom is -0.461 e. The number of hydrogen-bond donors (Lipinski definition) is 0. The highest BCUT2D eigenvalue weighted by Crippen LogP contribution is 2.26. The molecule has 8 heteroatoms. The van der Waals surface area contributed by atoms with E-state index in [1.807, 2.05) is 0 Å². The van der Waals surface area contributed by atoms with Gasteiger partial charge < -0.3 is 9.47 Å². The second kappa shape index (κ2) is 4.98. The van der Waals surface area contributed by atoms with Gasteiger partial charge in [-0.05, 0) is 6.92 Å². The number of pyridine rings is 1. The van der Waals surface area contributed by atoms with Crippen LogP contribution >= 0.6 is 0 Å². The van der Waals surface area contributed by atoms with Gasteiger partial charge in [-0.1, -0.05) is 0 Å². The molecule has 1 heterocycles. The van der Waals surface area contributed by atoms with Crippen LogP contribution in [0.4, 0.5) is 17.6 Å². The Bertz CT molecular complexity index is 419. The van der Waals surface area contributed by atoms with Crippen LogP contribution in [0.25, 0.3) is 0 Å². The molecule has 0 saturated carbocycles. The standard InChI is InChI=1S/C9H7F4NO3/c1-2-16-8(15)7-6(10)5(3-4-14-7)17-9(11,12)13/h3-4H,2H2,1H3. The summed E-state index contributed by atoms with van der Waals surface area (Å²) in [4.78, 5) is 14.4. The van der Waals surface area contributed by atoms with Crippen molar-refractivity contribution < 1.29 is 31.8 Å². The van der Waals surface area contributed by atoms with E-state index in [-0.39, 0.29) is 6.61 Å². The van der Waals surface area contributed by atoms with Crippen LogP contribution in [0, 0.1) is 5.82 Å². The third-order valence-electron chi connectivity index (χ3n) is 1.55. The van der Waals surface area contributed by atoms with E-state index in [4.69, 9.17) is 0 Å². The zero-order valence-electron chi connectivity index (χ0n) is 8.55. The van der Waals surface area contributed by atoms with Gasteiger partial charge in [-0.3, -0.25) is 0 Å². The van der Waals surface area contributed by atoms with Crippen LogP contribution in [-0.4, -0.2) is 23.9 Å². The Morgan fingerprint density at radius 2 is 2.12 bits per heavy atom. The lowest BCUT2D eigenvalue weighted by Gasteiger charge is -2.10. The molecule has 0 aliphatic rings. The molecule has 0 bridgehead atoms. The van der Waals surface area contributed by atoms with Crippen molar-refractivity contribution in [2.24, 2.45) is 0 Å². The van der Waals surface area contributed by atoms with Crippen molar-refractivity contribution >= 4 is 5.97 Å². The van der Waals surface area contributed by atoms with E-state index in [0.29, 0.717) is 6.07 Å². The third kappa shape index (κ3) is 3.58. The van der Waals surface area contributed by atoms with Crippen LogP contribution in [0.3, 0.4) is 0 Å². The van der Waals surface area contributed by atoms with Gasteiger partial charge >= 0.3 is 12.3 Å². The Balaban J connectivity index is 3.03. The van der Waals surface area contributed by atoms with E-state index in [0.717, 1.165) is 6.20 Å². The maximum absolute atomic E-state index is 13.4. The molecule has 17 heavy (non-hydrogen) atoms. The lowest BCUT2D eigenvalue weighted by atomic mass is 10.3. The Labute approximate surface area is 93.2 Å². The lowest BCUT2D eigenvalue weighted by Crippen LogP contribution is -2.19. The number of esters is 1. The molecule has 0 fully saturated rings. The molecule has 1 aromatic rings. The number of nitrogens with zero attached hydrogens (tertiary/aromatic N) is 1. The smallest absolute Gasteiger partial charge is 0.461 e. The summed E-state index contributed by atoms with van der Waals surface area (Å²) >= 11 is 0. The van der Waals surface area contributed by atoms with Crippen molar-refractivity contribution in [1.29, 1.82) is 0 Å². The number of carbonyl (C=O) groups excluding carboxylic acids is 1. The van der Waals surface area contributed by atoms with Gasteiger partial charge in [0.15, 0.2) is 17.3 Å². The van der Waals surface area contributed by atoms with Gasteiger partial charge in [0.05, 0.1) is 6.61 Å². The van der Waals surface area contributed by atoms with Crippen molar-refractivity contribution in [2.75, 3.05) is 6.61 Å². The first-order valence-electron chi connectivity index (χ1n) is 4.42. The van der Waals surface area contributed by atoms with Crippen LogP contribution in [0.1, 0.15) is 17.4 Å². The predicted molar refractivity (Wildman–Crippen MR) is 46.8 cm³/mol. The van der Waals surface area contributed by atoms with E-state index in [9.17, 15) is 22.4 Å². The van der Waals surface area contributed by atoms with Gasteiger partial charge in [0.25, 0.3) is 0 Å². The average Bonchev–Trinajstić information content (AvgIpc) is 2.19. The number of halogens is 4. The Kier molecular flexibility index (Phi) is 3.87. The van der Waals surface area contributed by atoms with E-state index in [1.165, 1.54) is 6.92 Å². The second-order valence-electron chi connectivity index (χ2n) is 2.74. The number of rotatable bonds is 3. The van der Waals surface area contributed by atoms with Gasteiger partial charge in [0.1, 0.15) is 0 Å². The summed E-state index contributed by atoms with van der Waals surface area (Å²) in [5, 5.41) is 0. The molecule has 1 aromatic heterocycles. The van der Waals surface area contributed by atoms with Gasteiger partial charge in [0.2, 0.25) is 0 Å². The van der Waals surface area contributed by atoms with Crippen LogP contribution in [0.15, 0.2) is 12.3 Å². The molecular formula is C9H7F4NO3. The molecule has 0 radical (unpaired) electrons. The SMILES string of the molecule is CCOC(=O)c1nccc(OC(F)(F)F)c1F. The number of carbonyl (C=O) groups is 1. The van der Waals surface area contributed by atoms with Gasteiger partial charge in [-0.25, -0.2) is 14.2 Å². The summed E-state index contributed by atoms with van der Waals surface area (Å²) < 4.78 is 56.8. The van der Waals surface area contributed by atoms with Crippen molar-refractivity contribution in [3.05, 3.63) is 23.8 Å². The van der Waals surface area contributed by atoms with E-state index in [1.54, 1.807) is 0 Å². The number of aromatic nitrogens is 1. The van der Waals surface area contributed by atoms with Gasteiger partial charge in [0, 0.05) is 12.3 Å². The minimum atomic E-state index is -5.05. The molecule has 0 saturated heterocycles. The molecule has 4 nitrogen and oxygen atoms in total. The maximum atomic E-state index is 13.4. The van der Waals surface area contributed by atoms with Crippen molar-refractivity contribution in [3.8, 4) is 5.75 Å². The summed E-state index contributed by atoms with van der Waals surface area (Å²) in [5.74, 6) is -3.79. The summed E-state index contributed by atoms with van der Waals surface area (Å²) in [7, 11) is 0. The predicted octanol–water partition coefficient (Wildman–Crippen LogP) is 2.30. The first kappa shape index (κ1) is 13.2. The van der Waals surface area contributed by atoms with Gasteiger partial charge in [-0.15, -0.1) is 13.2 Å². The minimum absolute atomic E-state index is 0.0513. The molecule has 0 atom stereocenters. The van der Waals surface area contributed by atoms with E-state index < -0.39 is 29.6 Å². The Morgan fingerprint density at radius 1 is 1.47 bits per heavy atom.